The molecule has 10 aromatic rings. The quantitative estimate of drug-likeness (QED) is 0.156. The van der Waals surface area contributed by atoms with Crippen molar-refractivity contribution in [1.29, 1.82) is 0 Å². The summed E-state index contributed by atoms with van der Waals surface area (Å²) in [6, 6.07) is 68.2. The van der Waals surface area contributed by atoms with E-state index in [9.17, 15) is 0 Å². The molecule has 0 saturated carbocycles. The van der Waals surface area contributed by atoms with Crippen LogP contribution in [0.5, 0.6) is 0 Å². The van der Waals surface area contributed by atoms with E-state index < -0.39 is 0 Å². The minimum Gasteiger partial charge on any atom is -0.354 e. The third-order valence-electron chi connectivity index (χ3n) is 12.6. The lowest BCUT2D eigenvalue weighted by atomic mass is 10.1. The van der Waals surface area contributed by atoms with Gasteiger partial charge in [0.05, 0.1) is 67.6 Å². The fourth-order valence-electron chi connectivity index (χ4n) is 9.21. The maximum atomic E-state index is 6.86. The van der Waals surface area contributed by atoms with Gasteiger partial charge in [0.25, 0.3) is 0 Å². The van der Waals surface area contributed by atoms with Gasteiger partial charge in [-0.15, -0.1) is 0 Å². The molecule has 5 aliphatic rings. The van der Waals surface area contributed by atoms with E-state index in [0.29, 0.717) is 10.0 Å². The zero-order valence-electron chi connectivity index (χ0n) is 38.9. The fraction of sp³-hybridized carbons (Fsp3) is 0. The lowest BCUT2D eigenvalue weighted by Gasteiger charge is -2.34. The summed E-state index contributed by atoms with van der Waals surface area (Å²) >= 11 is 40.6. The predicted molar refractivity (Wildman–Crippen MR) is 324 cm³/mol. The Bertz CT molecular complexity index is 3930. The first kappa shape index (κ1) is 49.0. The highest BCUT2D eigenvalue weighted by Crippen LogP contribution is 2.57. The number of rotatable bonds is 2. The number of benzene rings is 10. The smallest absolute Gasteiger partial charge is 0.0668 e. The highest BCUT2D eigenvalue weighted by molar-refractivity contribution is 8.00. The summed E-state index contributed by atoms with van der Waals surface area (Å²) in [6.45, 7) is 0. The zero-order valence-corrected chi connectivity index (χ0v) is 46.7. The normalized spacial score (nSPS) is 13.4. The minimum absolute atomic E-state index is 0.689. The van der Waals surface area contributed by atoms with Gasteiger partial charge in [0.1, 0.15) is 0 Å². The number of anilines is 12. The lowest BCUT2D eigenvalue weighted by Crippen LogP contribution is -2.15. The van der Waals surface area contributed by atoms with Crippen molar-refractivity contribution in [3.8, 4) is 0 Å². The number of hydrogen-bond acceptors (Lipinski definition) is 10. The van der Waals surface area contributed by atoms with Crippen molar-refractivity contribution in [2.75, 3.05) is 25.8 Å². The molecule has 0 unspecified atom stereocenters. The second kappa shape index (κ2) is 20.7. The van der Waals surface area contributed by atoms with Crippen molar-refractivity contribution >= 4 is 185 Å². The molecule has 0 saturated heterocycles. The molecule has 0 atom stereocenters. The van der Waals surface area contributed by atoms with Crippen LogP contribution in [-0.4, -0.2) is 0 Å². The van der Waals surface area contributed by atoms with Gasteiger partial charge in [0.15, 0.2) is 0 Å². The van der Waals surface area contributed by atoms with Gasteiger partial charge in [-0.1, -0.05) is 165 Å². The summed E-state index contributed by atoms with van der Waals surface area (Å²) in [5.74, 6) is 0. The average Bonchev–Trinajstić information content (AvgIpc) is 3.42. The molecule has 0 aromatic heterocycles. The molecule has 3 N–H and O–H groups in total. The Hall–Kier alpha value is -5.60. The molecule has 5 heterocycles. The van der Waals surface area contributed by atoms with Gasteiger partial charge in [-0.2, -0.15) is 0 Å². The van der Waals surface area contributed by atoms with Crippen LogP contribution >= 0.6 is 117 Å². The Balaban J connectivity index is 0.000000114. The van der Waals surface area contributed by atoms with Crippen LogP contribution < -0.4 is 25.8 Å². The van der Waals surface area contributed by atoms with E-state index in [1.165, 1.54) is 39.2 Å². The molecular formula is C60H36Cl5N5S5. The summed E-state index contributed by atoms with van der Waals surface area (Å²) < 4.78 is 0. The molecule has 15 heteroatoms. The van der Waals surface area contributed by atoms with E-state index in [0.717, 1.165) is 93.1 Å². The second-order valence-electron chi connectivity index (χ2n) is 17.5. The summed E-state index contributed by atoms with van der Waals surface area (Å²) in [5.41, 5.74) is 13.0. The SMILES string of the molecule is Clc1ccc2c(c1)N(c1cc3c(cc1Cl)Nc1ccccc1S3)c1ccccc1S2.Clc1ccc2c(c1)Nc1ccc(N3c4ccccc4Sc4ccc(Cl)cc43)cc1S2.Clc1ccc2c(c1)Nc1ccccc1S2. The summed E-state index contributed by atoms with van der Waals surface area (Å²) in [7, 11) is 0. The van der Waals surface area contributed by atoms with Gasteiger partial charge in [-0.25, -0.2) is 0 Å². The molecule has 0 amide bonds. The maximum absolute atomic E-state index is 6.86. The Kier molecular flexibility index (Phi) is 13.6. The van der Waals surface area contributed by atoms with Crippen LogP contribution in [0.4, 0.5) is 68.2 Å². The summed E-state index contributed by atoms with van der Waals surface area (Å²) in [6.07, 6.45) is 0. The first-order valence-electron chi connectivity index (χ1n) is 23.5. The molecule has 0 bridgehead atoms. The molecule has 15 rings (SSSR count). The van der Waals surface area contributed by atoms with Crippen LogP contribution in [0.15, 0.2) is 249 Å². The molecule has 366 valence electrons. The summed E-state index contributed by atoms with van der Waals surface area (Å²) in [5, 5.41) is 14.0. The van der Waals surface area contributed by atoms with E-state index in [4.69, 9.17) is 58.0 Å². The van der Waals surface area contributed by atoms with E-state index in [-0.39, 0.29) is 0 Å². The Morgan fingerprint density at radius 1 is 0.253 bits per heavy atom. The largest absolute Gasteiger partial charge is 0.354 e. The molecule has 0 fully saturated rings. The predicted octanol–water partition coefficient (Wildman–Crippen LogP) is 22.8. The van der Waals surface area contributed by atoms with Gasteiger partial charge in [-0.05, 0) is 152 Å². The number of hydrogen-bond donors (Lipinski definition) is 3. The number of halogens is 5. The topological polar surface area (TPSA) is 42.6 Å². The van der Waals surface area contributed by atoms with Crippen LogP contribution in [0.25, 0.3) is 0 Å². The van der Waals surface area contributed by atoms with Crippen LogP contribution in [0.3, 0.4) is 0 Å². The molecule has 0 spiro atoms. The van der Waals surface area contributed by atoms with E-state index >= 15 is 0 Å². The highest BCUT2D eigenvalue weighted by atomic mass is 35.5. The molecule has 5 aliphatic heterocycles. The number of fused-ring (bicyclic) bond motifs is 10. The zero-order chi connectivity index (χ0) is 50.7. The van der Waals surface area contributed by atoms with Crippen molar-refractivity contribution in [3.63, 3.8) is 0 Å². The van der Waals surface area contributed by atoms with Gasteiger partial charge < -0.3 is 25.8 Å². The highest BCUT2D eigenvalue weighted by Gasteiger charge is 2.30. The van der Waals surface area contributed by atoms with Crippen LogP contribution in [0.2, 0.25) is 25.1 Å². The average molecular weight is 1160 g/mol. The van der Waals surface area contributed by atoms with Gasteiger partial charge >= 0.3 is 0 Å². The third-order valence-corrected chi connectivity index (χ3v) is 19.5. The van der Waals surface area contributed by atoms with Crippen LogP contribution in [0, 0.1) is 0 Å². The maximum Gasteiger partial charge on any atom is 0.0668 e. The first-order chi connectivity index (χ1) is 36.6. The van der Waals surface area contributed by atoms with Crippen LogP contribution in [0.1, 0.15) is 0 Å². The lowest BCUT2D eigenvalue weighted by molar-refractivity contribution is 1.16. The Morgan fingerprint density at radius 3 is 1.19 bits per heavy atom. The minimum atomic E-state index is 0.689. The molecule has 0 radical (unpaired) electrons. The standard InChI is InChI=1S/2C24H14Cl2N2S2.C12H8ClNS/c25-14-9-10-23-20(11-14)28(18-6-2-4-8-22(18)30-23)19-13-24-17(12-15(19)26)27-16-5-1-3-7-21(16)29-24;25-14-5-9-21-18(11-14)27-17-8-7-16(13-24(17)29-21)28-19-3-1-2-4-22(19)30-23-10-6-15(26)12-20(23)28;13-8-5-6-12-10(7-8)14-9-3-1-2-4-11(9)15-12/h2*1-13,27H;1-7,14H. The van der Waals surface area contributed by atoms with Crippen LogP contribution in [-0.2, 0) is 0 Å². The van der Waals surface area contributed by atoms with E-state index in [2.05, 4.69) is 153 Å². The molecule has 75 heavy (non-hydrogen) atoms. The Labute approximate surface area is 480 Å². The van der Waals surface area contributed by atoms with Gasteiger partial charge in [-0.3, -0.25) is 0 Å². The Morgan fingerprint density at radius 2 is 0.627 bits per heavy atom. The van der Waals surface area contributed by atoms with E-state index in [1.807, 2.05) is 72.8 Å². The van der Waals surface area contributed by atoms with Crippen molar-refractivity contribution < 1.29 is 0 Å². The summed E-state index contributed by atoms with van der Waals surface area (Å²) in [4.78, 5) is 16.5. The second-order valence-corrected chi connectivity index (χ2v) is 25.0. The third kappa shape index (κ3) is 9.80. The fourth-order valence-corrected chi connectivity index (χ4v) is 15.2. The van der Waals surface area contributed by atoms with Gasteiger partial charge in [0, 0.05) is 74.7 Å². The molecular weight excluding hydrogens is 1130 g/mol. The van der Waals surface area contributed by atoms with Gasteiger partial charge in [0.2, 0.25) is 0 Å². The van der Waals surface area contributed by atoms with Crippen molar-refractivity contribution in [2.45, 2.75) is 49.0 Å². The van der Waals surface area contributed by atoms with Crippen molar-refractivity contribution in [2.24, 2.45) is 0 Å². The number of nitrogens with one attached hydrogen (secondary N) is 3. The van der Waals surface area contributed by atoms with E-state index in [1.54, 1.807) is 58.8 Å². The van der Waals surface area contributed by atoms with Crippen molar-refractivity contribution in [1.82, 2.24) is 0 Å². The first-order valence-corrected chi connectivity index (χ1v) is 29.5. The molecule has 10 aromatic carbocycles. The number of nitrogens with zero attached hydrogens (tertiary/aromatic N) is 2. The molecule has 5 nitrogen and oxygen atoms in total. The molecule has 0 aliphatic carbocycles. The monoisotopic (exact) mass is 1160 g/mol. The van der Waals surface area contributed by atoms with Crippen molar-refractivity contribution in [3.05, 3.63) is 225 Å². The number of para-hydroxylation sites is 4.